The summed E-state index contributed by atoms with van der Waals surface area (Å²) in [6.07, 6.45) is 8.91. The van der Waals surface area contributed by atoms with Crippen molar-refractivity contribution in [3.05, 3.63) is 11.4 Å². The van der Waals surface area contributed by atoms with Crippen LogP contribution in [0.1, 0.15) is 63.8 Å². The predicted octanol–water partition coefficient (Wildman–Crippen LogP) is 4.59. The zero-order valence-corrected chi connectivity index (χ0v) is 13.9. The molecular formula is C16H27N3S. The molecule has 1 saturated carbocycles. The van der Waals surface area contributed by atoms with Gasteiger partial charge in [-0.1, -0.05) is 26.2 Å². The van der Waals surface area contributed by atoms with Gasteiger partial charge in [0.25, 0.3) is 0 Å². The number of hydrogen-bond donors (Lipinski definition) is 1. The molecule has 1 aromatic heterocycles. The summed E-state index contributed by atoms with van der Waals surface area (Å²) in [5.74, 6) is 2.02. The lowest BCUT2D eigenvalue weighted by atomic mass is 10.0. The minimum atomic E-state index is 0.751. The third kappa shape index (κ3) is 4.11. The number of thioether (sulfide) groups is 1. The van der Waals surface area contributed by atoms with Crippen molar-refractivity contribution in [2.45, 2.75) is 76.0 Å². The molecule has 1 fully saturated rings. The molecule has 0 spiro atoms. The van der Waals surface area contributed by atoms with Gasteiger partial charge in [0, 0.05) is 23.8 Å². The Bertz CT molecular complexity index is 428. The summed E-state index contributed by atoms with van der Waals surface area (Å²) in [4.78, 5) is 9.48. The van der Waals surface area contributed by atoms with E-state index in [2.05, 4.69) is 31.1 Å². The van der Waals surface area contributed by atoms with Crippen molar-refractivity contribution in [1.82, 2.24) is 9.97 Å². The maximum Gasteiger partial charge on any atom is 0.133 e. The maximum atomic E-state index is 4.81. The van der Waals surface area contributed by atoms with E-state index >= 15 is 0 Å². The van der Waals surface area contributed by atoms with E-state index in [1.165, 1.54) is 42.7 Å². The fraction of sp³-hybridized carbons (Fsp3) is 0.750. The first-order valence-corrected chi connectivity index (χ1v) is 8.90. The molecule has 112 valence electrons. The first-order valence-electron chi connectivity index (χ1n) is 8.02. The average Bonchev–Trinajstić information content (AvgIpc) is 2.45. The Morgan fingerprint density at radius 3 is 2.55 bits per heavy atom. The lowest BCUT2D eigenvalue weighted by Crippen LogP contribution is -2.11. The van der Waals surface area contributed by atoms with Gasteiger partial charge in [-0.2, -0.15) is 0 Å². The van der Waals surface area contributed by atoms with Gasteiger partial charge in [-0.05, 0) is 33.1 Å². The minimum absolute atomic E-state index is 0.751. The van der Waals surface area contributed by atoms with Crippen molar-refractivity contribution in [1.29, 1.82) is 0 Å². The Balaban J connectivity index is 2.19. The van der Waals surface area contributed by atoms with Crippen LogP contribution >= 0.6 is 11.8 Å². The fourth-order valence-electron chi connectivity index (χ4n) is 2.67. The molecule has 0 aliphatic heterocycles. The van der Waals surface area contributed by atoms with Crippen molar-refractivity contribution in [2.24, 2.45) is 0 Å². The molecule has 4 heteroatoms. The maximum absolute atomic E-state index is 4.81. The van der Waals surface area contributed by atoms with Crippen molar-refractivity contribution in [3.8, 4) is 0 Å². The number of nitrogens with one attached hydrogen (secondary N) is 1. The van der Waals surface area contributed by atoms with Gasteiger partial charge in [0.05, 0.1) is 0 Å². The van der Waals surface area contributed by atoms with Gasteiger partial charge < -0.3 is 5.32 Å². The van der Waals surface area contributed by atoms with Crippen LogP contribution in [-0.4, -0.2) is 21.8 Å². The van der Waals surface area contributed by atoms with Crippen LogP contribution in [0.5, 0.6) is 0 Å². The van der Waals surface area contributed by atoms with E-state index in [-0.39, 0.29) is 0 Å². The Morgan fingerprint density at radius 2 is 1.90 bits per heavy atom. The number of hydrogen-bond acceptors (Lipinski definition) is 4. The molecule has 1 heterocycles. The highest BCUT2D eigenvalue weighted by molar-refractivity contribution is 7.99. The van der Waals surface area contributed by atoms with Gasteiger partial charge in [0.15, 0.2) is 0 Å². The summed E-state index contributed by atoms with van der Waals surface area (Å²) in [5, 5.41) is 5.34. The monoisotopic (exact) mass is 293 g/mol. The van der Waals surface area contributed by atoms with Crippen LogP contribution in [0.4, 0.5) is 5.82 Å². The van der Waals surface area contributed by atoms with E-state index in [1.807, 2.05) is 11.8 Å². The van der Waals surface area contributed by atoms with Crippen molar-refractivity contribution < 1.29 is 0 Å². The summed E-state index contributed by atoms with van der Waals surface area (Å²) >= 11 is 1.98. The molecule has 0 bridgehead atoms. The molecule has 0 radical (unpaired) electrons. The lowest BCUT2D eigenvalue weighted by molar-refractivity contribution is 0.515. The molecule has 20 heavy (non-hydrogen) atoms. The second kappa shape index (κ2) is 7.87. The molecule has 1 aliphatic rings. The van der Waals surface area contributed by atoms with Gasteiger partial charge in [-0.25, -0.2) is 9.97 Å². The van der Waals surface area contributed by atoms with Gasteiger partial charge in [-0.15, -0.1) is 11.8 Å². The molecule has 0 atom stereocenters. The third-order valence-corrected chi connectivity index (χ3v) is 5.22. The Labute approximate surface area is 127 Å². The quantitative estimate of drug-likeness (QED) is 0.778. The minimum Gasteiger partial charge on any atom is -0.370 e. The number of aromatic nitrogens is 2. The van der Waals surface area contributed by atoms with E-state index in [1.54, 1.807) is 0 Å². The average molecular weight is 293 g/mol. The molecule has 3 nitrogen and oxygen atoms in total. The summed E-state index contributed by atoms with van der Waals surface area (Å²) in [6, 6.07) is 0. The van der Waals surface area contributed by atoms with E-state index in [0.717, 1.165) is 36.3 Å². The number of nitrogens with zero attached hydrogens (tertiary/aromatic N) is 2. The number of rotatable bonds is 6. The fourth-order valence-corrected chi connectivity index (χ4v) is 3.99. The molecule has 2 rings (SSSR count). The second-order valence-electron chi connectivity index (χ2n) is 5.58. The standard InChI is InChI=1S/C16H27N3S/c1-4-9-14-18-15(17-5-2)12(3)16(19-14)20-13-10-7-6-8-11-13/h13H,4-11H2,1-3H3,(H,17,18,19). The lowest BCUT2D eigenvalue weighted by Gasteiger charge is -2.22. The molecule has 1 aliphatic carbocycles. The van der Waals surface area contributed by atoms with E-state index < -0.39 is 0 Å². The third-order valence-electron chi connectivity index (χ3n) is 3.80. The normalized spacial score (nSPS) is 16.4. The van der Waals surface area contributed by atoms with Crippen molar-refractivity contribution in [2.75, 3.05) is 11.9 Å². The zero-order chi connectivity index (χ0) is 14.4. The highest BCUT2D eigenvalue weighted by Gasteiger charge is 2.18. The Hall–Kier alpha value is -0.770. The van der Waals surface area contributed by atoms with Crippen molar-refractivity contribution >= 4 is 17.6 Å². The molecule has 0 saturated heterocycles. The van der Waals surface area contributed by atoms with Gasteiger partial charge in [0.2, 0.25) is 0 Å². The largest absolute Gasteiger partial charge is 0.370 e. The van der Waals surface area contributed by atoms with E-state index in [0.29, 0.717) is 0 Å². The molecule has 0 aromatic carbocycles. The van der Waals surface area contributed by atoms with Gasteiger partial charge >= 0.3 is 0 Å². The first kappa shape index (κ1) is 15.6. The van der Waals surface area contributed by atoms with Crippen LogP contribution in [0, 0.1) is 6.92 Å². The number of anilines is 1. The van der Waals surface area contributed by atoms with Gasteiger partial charge in [-0.3, -0.25) is 0 Å². The predicted molar refractivity (Wildman–Crippen MR) is 87.7 cm³/mol. The molecule has 0 amide bonds. The molecule has 1 aromatic rings. The Morgan fingerprint density at radius 1 is 1.15 bits per heavy atom. The molecular weight excluding hydrogens is 266 g/mol. The first-order chi connectivity index (χ1) is 9.74. The van der Waals surface area contributed by atoms with Crippen LogP contribution in [0.25, 0.3) is 0 Å². The van der Waals surface area contributed by atoms with E-state index in [4.69, 9.17) is 4.98 Å². The summed E-state index contributed by atoms with van der Waals surface area (Å²) in [7, 11) is 0. The van der Waals surface area contributed by atoms with Gasteiger partial charge in [0.1, 0.15) is 16.7 Å². The summed E-state index contributed by atoms with van der Waals surface area (Å²) < 4.78 is 0. The summed E-state index contributed by atoms with van der Waals surface area (Å²) in [5.41, 5.74) is 1.22. The molecule has 0 unspecified atom stereocenters. The van der Waals surface area contributed by atoms with Crippen LogP contribution < -0.4 is 5.32 Å². The number of aryl methyl sites for hydroxylation is 1. The highest BCUT2D eigenvalue weighted by Crippen LogP contribution is 2.35. The zero-order valence-electron chi connectivity index (χ0n) is 13.0. The van der Waals surface area contributed by atoms with Crippen LogP contribution in [0.3, 0.4) is 0 Å². The second-order valence-corrected chi connectivity index (χ2v) is 6.87. The van der Waals surface area contributed by atoms with Crippen LogP contribution in [-0.2, 0) is 6.42 Å². The van der Waals surface area contributed by atoms with Crippen LogP contribution in [0.15, 0.2) is 5.03 Å². The van der Waals surface area contributed by atoms with Crippen LogP contribution in [0.2, 0.25) is 0 Å². The highest BCUT2D eigenvalue weighted by atomic mass is 32.2. The SMILES string of the molecule is CCCc1nc(NCC)c(C)c(SC2CCCCC2)n1. The van der Waals surface area contributed by atoms with Crippen molar-refractivity contribution in [3.63, 3.8) is 0 Å². The summed E-state index contributed by atoms with van der Waals surface area (Å²) in [6.45, 7) is 7.37. The Kier molecular flexibility index (Phi) is 6.14. The topological polar surface area (TPSA) is 37.8 Å². The van der Waals surface area contributed by atoms with E-state index in [9.17, 15) is 0 Å². The molecule has 1 N–H and O–H groups in total. The smallest absolute Gasteiger partial charge is 0.133 e.